The summed E-state index contributed by atoms with van der Waals surface area (Å²) in [5.74, 6) is -0.612. The number of unbranched alkanes of at least 4 members (excludes halogenated alkanes) is 21. The Hall–Kier alpha value is -1.74. The van der Waals surface area contributed by atoms with E-state index in [1.54, 1.807) is 6.08 Å². The van der Waals surface area contributed by atoms with Crippen molar-refractivity contribution < 1.29 is 59.0 Å². The molecule has 0 bridgehead atoms. The number of allylic oxidation sites excluding steroid dienone is 7. The standard InChI is InChI=1S/C49H90NO12P/c1-3-5-7-9-11-13-15-17-19-20-21-23-25-27-29-31-33-35-37-42(52)41(39-61-63(59,60)62-49-47(57)45(55)44(54)46(56)48(49)58)50-43(53)38-40(51)36-34-32-30-28-26-24-22-18-16-14-12-10-8-6-4-2/h12,14,18,22,27,29,35,37,40-42,44-49,51-52,54-58H,3-11,13,15-17,19-21,23-26,28,30-34,36,38-39H2,1-2H3,(H,50,53)(H,59,60)/b14-12-,22-18-,29-27+,37-35+. The number of amides is 1. The van der Waals surface area contributed by atoms with Crippen molar-refractivity contribution in [3.63, 3.8) is 0 Å². The van der Waals surface area contributed by atoms with Gasteiger partial charge in [-0.3, -0.25) is 13.8 Å². The van der Waals surface area contributed by atoms with Crippen molar-refractivity contribution in [3.8, 4) is 0 Å². The van der Waals surface area contributed by atoms with Crippen LogP contribution in [0, 0.1) is 0 Å². The molecule has 8 atom stereocenters. The summed E-state index contributed by atoms with van der Waals surface area (Å²) in [6.07, 6.45) is 31.9. The molecule has 8 unspecified atom stereocenters. The van der Waals surface area contributed by atoms with Crippen molar-refractivity contribution in [1.29, 1.82) is 0 Å². The summed E-state index contributed by atoms with van der Waals surface area (Å²) >= 11 is 0. The summed E-state index contributed by atoms with van der Waals surface area (Å²) < 4.78 is 22.9. The summed E-state index contributed by atoms with van der Waals surface area (Å²) in [6, 6.07) is -1.26. The minimum Gasteiger partial charge on any atom is -0.393 e. The first-order valence-electron chi connectivity index (χ1n) is 24.7. The van der Waals surface area contributed by atoms with Gasteiger partial charge in [-0.2, -0.15) is 0 Å². The van der Waals surface area contributed by atoms with Crippen LogP contribution < -0.4 is 5.32 Å². The molecule has 63 heavy (non-hydrogen) atoms. The third kappa shape index (κ3) is 30.2. The molecule has 0 aromatic heterocycles. The van der Waals surface area contributed by atoms with Gasteiger partial charge in [0, 0.05) is 0 Å². The Morgan fingerprint density at radius 2 is 0.984 bits per heavy atom. The van der Waals surface area contributed by atoms with Gasteiger partial charge in [-0.05, 0) is 64.2 Å². The van der Waals surface area contributed by atoms with Gasteiger partial charge in [-0.15, -0.1) is 0 Å². The first-order valence-corrected chi connectivity index (χ1v) is 26.2. The third-order valence-corrected chi connectivity index (χ3v) is 12.6. The summed E-state index contributed by atoms with van der Waals surface area (Å²) in [7, 11) is -5.15. The number of hydrogen-bond donors (Lipinski definition) is 9. The van der Waals surface area contributed by atoms with Crippen molar-refractivity contribution in [2.24, 2.45) is 0 Å². The van der Waals surface area contributed by atoms with Crippen molar-refractivity contribution >= 4 is 13.7 Å². The van der Waals surface area contributed by atoms with Crippen LogP contribution in [0.4, 0.5) is 0 Å². The number of nitrogens with one attached hydrogen (secondary N) is 1. The highest BCUT2D eigenvalue weighted by atomic mass is 31.2. The van der Waals surface area contributed by atoms with Crippen LogP contribution in [0.1, 0.15) is 194 Å². The number of carbonyl (C=O) groups excluding carboxylic acids is 1. The number of phosphoric ester groups is 1. The number of hydrogen-bond acceptors (Lipinski definition) is 11. The Morgan fingerprint density at radius 3 is 1.52 bits per heavy atom. The highest BCUT2D eigenvalue weighted by Gasteiger charge is 2.51. The fourth-order valence-corrected chi connectivity index (χ4v) is 8.55. The normalized spacial score (nSPS) is 23.3. The van der Waals surface area contributed by atoms with E-state index >= 15 is 0 Å². The first kappa shape index (κ1) is 59.3. The van der Waals surface area contributed by atoms with Crippen LogP contribution >= 0.6 is 7.82 Å². The molecule has 1 saturated carbocycles. The SMILES string of the molecule is CCCCC/C=C\C/C=C\CCCCCCCC(O)CC(=O)NC(COP(=O)(O)OC1C(O)C(O)C(O)C(O)C1O)C(O)/C=C/CC/C=C/CCCCCCCCCCCCCC. The van der Waals surface area contributed by atoms with Gasteiger partial charge >= 0.3 is 7.82 Å². The van der Waals surface area contributed by atoms with Gasteiger partial charge in [-0.1, -0.05) is 172 Å². The van der Waals surface area contributed by atoms with Crippen molar-refractivity contribution in [3.05, 3.63) is 48.6 Å². The van der Waals surface area contributed by atoms with E-state index in [9.17, 15) is 50.0 Å². The van der Waals surface area contributed by atoms with Gasteiger partial charge in [-0.25, -0.2) is 4.57 Å². The Labute approximate surface area is 380 Å². The minimum atomic E-state index is -5.15. The second-order valence-corrected chi connectivity index (χ2v) is 18.9. The summed E-state index contributed by atoms with van der Waals surface area (Å²) in [5.41, 5.74) is 0. The predicted octanol–water partition coefficient (Wildman–Crippen LogP) is 8.70. The van der Waals surface area contributed by atoms with E-state index < -0.39 is 75.2 Å². The van der Waals surface area contributed by atoms with Gasteiger partial charge in [0.1, 0.15) is 36.6 Å². The molecular weight excluding hydrogens is 826 g/mol. The maximum atomic E-state index is 13.0. The Bertz CT molecular complexity index is 1260. The van der Waals surface area contributed by atoms with E-state index in [2.05, 4.69) is 55.6 Å². The Balaban J connectivity index is 2.56. The molecule has 0 saturated heterocycles. The van der Waals surface area contributed by atoms with E-state index in [-0.39, 0.29) is 6.42 Å². The molecule has 0 radical (unpaired) electrons. The van der Waals surface area contributed by atoms with Gasteiger partial charge in [0.15, 0.2) is 0 Å². The molecule has 14 heteroatoms. The largest absolute Gasteiger partial charge is 0.472 e. The van der Waals surface area contributed by atoms with Gasteiger partial charge in [0.25, 0.3) is 0 Å². The number of aliphatic hydroxyl groups excluding tert-OH is 7. The van der Waals surface area contributed by atoms with E-state index in [0.29, 0.717) is 12.8 Å². The number of carbonyl (C=O) groups is 1. The lowest BCUT2D eigenvalue weighted by atomic mass is 9.85. The molecule has 13 nitrogen and oxygen atoms in total. The third-order valence-electron chi connectivity index (χ3n) is 11.6. The smallest absolute Gasteiger partial charge is 0.393 e. The average molecular weight is 916 g/mol. The van der Waals surface area contributed by atoms with E-state index in [1.807, 2.05) is 0 Å². The van der Waals surface area contributed by atoms with E-state index in [1.165, 1.54) is 96.0 Å². The first-order chi connectivity index (χ1) is 30.3. The highest BCUT2D eigenvalue weighted by Crippen LogP contribution is 2.47. The van der Waals surface area contributed by atoms with E-state index in [4.69, 9.17) is 9.05 Å². The zero-order valence-electron chi connectivity index (χ0n) is 39.0. The lowest BCUT2D eigenvalue weighted by molar-refractivity contribution is -0.220. The van der Waals surface area contributed by atoms with Crippen LogP contribution in [-0.4, -0.2) is 108 Å². The fraction of sp³-hybridized carbons (Fsp3) is 0.816. The molecule has 1 aliphatic carbocycles. The number of phosphoric acid groups is 1. The predicted molar refractivity (Wildman–Crippen MR) is 252 cm³/mol. The number of aliphatic hydroxyl groups is 7. The average Bonchev–Trinajstić information content (AvgIpc) is 3.26. The molecule has 1 amide bonds. The van der Waals surface area contributed by atoms with Crippen LogP contribution in [0.3, 0.4) is 0 Å². The maximum Gasteiger partial charge on any atom is 0.472 e. The molecule has 0 aliphatic heterocycles. The lowest BCUT2D eigenvalue weighted by Gasteiger charge is -2.41. The van der Waals surface area contributed by atoms with Gasteiger partial charge in [0.2, 0.25) is 5.91 Å². The summed E-state index contributed by atoms with van der Waals surface area (Å²) in [5, 5.41) is 74.5. The summed E-state index contributed by atoms with van der Waals surface area (Å²) in [4.78, 5) is 23.5. The Morgan fingerprint density at radius 1 is 0.571 bits per heavy atom. The molecule has 0 aromatic rings. The second-order valence-electron chi connectivity index (χ2n) is 17.5. The quantitative estimate of drug-likeness (QED) is 0.0160. The van der Waals surface area contributed by atoms with Crippen LogP contribution in [0.25, 0.3) is 0 Å². The zero-order chi connectivity index (χ0) is 46.6. The van der Waals surface area contributed by atoms with Gasteiger partial charge < -0.3 is 46.0 Å². The van der Waals surface area contributed by atoms with Crippen molar-refractivity contribution in [2.45, 2.75) is 249 Å². The molecule has 368 valence electrons. The highest BCUT2D eigenvalue weighted by molar-refractivity contribution is 7.47. The van der Waals surface area contributed by atoms with Crippen LogP contribution in [-0.2, 0) is 18.4 Å². The second kappa shape index (κ2) is 38.4. The monoisotopic (exact) mass is 916 g/mol. The van der Waals surface area contributed by atoms with Gasteiger partial charge in [0.05, 0.1) is 31.3 Å². The Kier molecular flexibility index (Phi) is 36.1. The number of rotatable bonds is 40. The fourth-order valence-electron chi connectivity index (χ4n) is 7.58. The zero-order valence-corrected chi connectivity index (χ0v) is 39.9. The molecule has 0 heterocycles. The van der Waals surface area contributed by atoms with Crippen LogP contribution in [0.2, 0.25) is 0 Å². The van der Waals surface area contributed by atoms with Crippen molar-refractivity contribution in [1.82, 2.24) is 5.32 Å². The van der Waals surface area contributed by atoms with Crippen molar-refractivity contribution in [2.75, 3.05) is 6.61 Å². The molecular formula is C49H90NO12P. The molecule has 1 fully saturated rings. The molecule has 1 aliphatic rings. The van der Waals surface area contributed by atoms with Crippen LogP contribution in [0.5, 0.6) is 0 Å². The van der Waals surface area contributed by atoms with E-state index in [0.717, 1.165) is 70.6 Å². The van der Waals surface area contributed by atoms with Crippen LogP contribution in [0.15, 0.2) is 48.6 Å². The molecule has 0 spiro atoms. The minimum absolute atomic E-state index is 0.263. The molecule has 9 N–H and O–H groups in total. The lowest BCUT2D eigenvalue weighted by Crippen LogP contribution is -2.64. The summed E-state index contributed by atoms with van der Waals surface area (Å²) in [6.45, 7) is 3.70. The molecule has 1 rings (SSSR count). The maximum absolute atomic E-state index is 13.0. The topological polar surface area (TPSA) is 226 Å². The molecule has 0 aromatic carbocycles.